The Hall–Kier alpha value is -1.81. The number of Topliss-reactive ketones (excluding diaryl/α,β-unsaturated/α-hetero) is 1. The summed E-state index contributed by atoms with van der Waals surface area (Å²) in [4.78, 5) is 12.3. The summed E-state index contributed by atoms with van der Waals surface area (Å²) in [5.74, 6) is 1.86. The van der Waals surface area contributed by atoms with Crippen molar-refractivity contribution >= 4 is 5.78 Å². The van der Waals surface area contributed by atoms with Crippen LogP contribution in [0.4, 0.5) is 0 Å². The van der Waals surface area contributed by atoms with E-state index in [1.54, 1.807) is 12.5 Å². The van der Waals surface area contributed by atoms with Crippen LogP contribution in [0, 0.1) is 5.92 Å². The van der Waals surface area contributed by atoms with Gasteiger partial charge < -0.3 is 8.83 Å². The van der Waals surface area contributed by atoms with Crippen LogP contribution >= 0.6 is 0 Å². The molecule has 0 saturated carbocycles. The van der Waals surface area contributed by atoms with Crippen LogP contribution in [0.25, 0.3) is 0 Å². The molecule has 2 aromatic heterocycles. The highest BCUT2D eigenvalue weighted by Crippen LogP contribution is 2.36. The van der Waals surface area contributed by atoms with E-state index in [0.29, 0.717) is 6.42 Å². The van der Waals surface area contributed by atoms with E-state index >= 15 is 0 Å². The number of furan rings is 2. The normalized spacial score (nSPS) is 27.6. The van der Waals surface area contributed by atoms with Crippen molar-refractivity contribution in [1.82, 2.24) is 5.32 Å². The van der Waals surface area contributed by atoms with E-state index in [4.69, 9.17) is 8.83 Å². The van der Waals surface area contributed by atoms with E-state index in [0.717, 1.165) is 17.9 Å². The summed E-state index contributed by atoms with van der Waals surface area (Å²) in [5, 5.41) is 3.48. The van der Waals surface area contributed by atoms with E-state index in [9.17, 15) is 4.79 Å². The molecule has 0 unspecified atom stereocenters. The van der Waals surface area contributed by atoms with Crippen LogP contribution in [0.3, 0.4) is 0 Å². The molecule has 1 saturated heterocycles. The lowest BCUT2D eigenvalue weighted by Crippen LogP contribution is -2.41. The molecule has 3 heterocycles. The van der Waals surface area contributed by atoms with Gasteiger partial charge in [0.05, 0.1) is 24.6 Å². The van der Waals surface area contributed by atoms with Gasteiger partial charge in [0.15, 0.2) is 0 Å². The molecule has 0 bridgehead atoms. The van der Waals surface area contributed by atoms with Crippen molar-refractivity contribution in [2.45, 2.75) is 31.8 Å². The largest absolute Gasteiger partial charge is 0.468 e. The van der Waals surface area contributed by atoms with E-state index < -0.39 is 0 Å². The number of piperidine rings is 1. The lowest BCUT2D eigenvalue weighted by molar-refractivity contribution is -0.127. The monoisotopic (exact) mass is 259 g/mol. The van der Waals surface area contributed by atoms with Gasteiger partial charge in [-0.1, -0.05) is 6.92 Å². The third-order valence-corrected chi connectivity index (χ3v) is 3.78. The quantitative estimate of drug-likeness (QED) is 0.919. The third-order valence-electron chi connectivity index (χ3n) is 3.78. The maximum Gasteiger partial charge on any atom is 0.140 e. The smallest absolute Gasteiger partial charge is 0.140 e. The van der Waals surface area contributed by atoms with Gasteiger partial charge in [-0.2, -0.15) is 0 Å². The molecule has 3 rings (SSSR count). The average Bonchev–Trinajstić information content (AvgIpc) is 3.11. The zero-order chi connectivity index (χ0) is 13.2. The second-order valence-corrected chi connectivity index (χ2v) is 4.91. The second-order valence-electron chi connectivity index (χ2n) is 4.91. The van der Waals surface area contributed by atoms with Crippen molar-refractivity contribution in [2.24, 2.45) is 5.92 Å². The van der Waals surface area contributed by atoms with Crippen molar-refractivity contribution in [3.63, 3.8) is 0 Å². The molecule has 3 atom stereocenters. The molecule has 0 amide bonds. The fraction of sp³-hybridized carbons (Fsp3) is 0.400. The predicted octanol–water partition coefficient (Wildman–Crippen LogP) is 3.24. The van der Waals surface area contributed by atoms with E-state index in [-0.39, 0.29) is 23.8 Å². The van der Waals surface area contributed by atoms with Gasteiger partial charge in [-0.15, -0.1) is 0 Å². The molecule has 1 N–H and O–H groups in total. The van der Waals surface area contributed by atoms with Crippen molar-refractivity contribution in [1.29, 1.82) is 0 Å². The Morgan fingerprint density at radius 2 is 1.89 bits per heavy atom. The number of rotatable bonds is 3. The van der Waals surface area contributed by atoms with Crippen molar-refractivity contribution in [2.75, 3.05) is 0 Å². The van der Waals surface area contributed by atoms with E-state index in [1.807, 2.05) is 31.2 Å². The van der Waals surface area contributed by atoms with Gasteiger partial charge in [-0.25, -0.2) is 0 Å². The standard InChI is InChI=1S/C15H17NO3/c1-2-10-12(17)9-11(13-5-3-7-18-13)16-15(10)14-6-4-8-19-14/h3-8,10-11,15-16H,2,9H2,1H3/t10-,11-,15-/m1/s1. The molecule has 4 nitrogen and oxygen atoms in total. The molecular formula is C15H17NO3. The predicted molar refractivity (Wildman–Crippen MR) is 69.4 cm³/mol. The van der Waals surface area contributed by atoms with Gasteiger partial charge in [0.1, 0.15) is 17.3 Å². The van der Waals surface area contributed by atoms with E-state index in [2.05, 4.69) is 5.32 Å². The first kappa shape index (κ1) is 12.2. The summed E-state index contributed by atoms with van der Waals surface area (Å²) in [6.07, 6.45) is 4.56. The molecule has 2 aromatic rings. The zero-order valence-corrected chi connectivity index (χ0v) is 10.8. The second kappa shape index (κ2) is 5.05. The molecule has 1 aliphatic rings. The lowest BCUT2D eigenvalue weighted by atomic mass is 9.82. The molecule has 1 fully saturated rings. The number of carbonyl (C=O) groups excluding carboxylic acids is 1. The molecule has 0 radical (unpaired) electrons. The Bertz CT molecular complexity index is 530. The fourth-order valence-electron chi connectivity index (χ4n) is 2.81. The summed E-state index contributed by atoms with van der Waals surface area (Å²) < 4.78 is 10.9. The minimum atomic E-state index is -0.0728. The first-order valence-electron chi connectivity index (χ1n) is 6.65. The van der Waals surface area contributed by atoms with Crippen LogP contribution in [0.2, 0.25) is 0 Å². The summed E-state index contributed by atoms with van der Waals surface area (Å²) >= 11 is 0. The number of hydrogen-bond donors (Lipinski definition) is 1. The zero-order valence-electron chi connectivity index (χ0n) is 10.8. The Morgan fingerprint density at radius 1 is 1.21 bits per heavy atom. The summed E-state index contributed by atoms with van der Waals surface area (Å²) in [6, 6.07) is 7.37. The molecule has 0 aliphatic carbocycles. The summed E-state index contributed by atoms with van der Waals surface area (Å²) in [7, 11) is 0. The summed E-state index contributed by atoms with van der Waals surface area (Å²) in [5.41, 5.74) is 0. The highest BCUT2D eigenvalue weighted by atomic mass is 16.3. The summed E-state index contributed by atoms with van der Waals surface area (Å²) in [6.45, 7) is 2.04. The van der Waals surface area contributed by atoms with E-state index in [1.165, 1.54) is 0 Å². The number of hydrogen-bond acceptors (Lipinski definition) is 4. The topological polar surface area (TPSA) is 55.4 Å². The van der Waals surface area contributed by atoms with Crippen molar-refractivity contribution < 1.29 is 13.6 Å². The molecule has 4 heteroatoms. The maximum atomic E-state index is 12.3. The van der Waals surface area contributed by atoms with Gasteiger partial charge in [0.2, 0.25) is 0 Å². The Kier molecular flexibility index (Phi) is 3.25. The van der Waals surface area contributed by atoms with Gasteiger partial charge >= 0.3 is 0 Å². The van der Waals surface area contributed by atoms with Gasteiger partial charge in [-0.3, -0.25) is 10.1 Å². The minimum absolute atomic E-state index is 0.0302. The molecule has 0 spiro atoms. The molecule has 19 heavy (non-hydrogen) atoms. The SMILES string of the molecule is CC[C@@H]1C(=O)C[C@H](c2ccco2)N[C@H]1c1ccco1. The number of ketones is 1. The first-order valence-corrected chi connectivity index (χ1v) is 6.65. The third kappa shape index (κ3) is 2.24. The Labute approximate surface area is 111 Å². The van der Waals surface area contributed by atoms with Crippen molar-refractivity contribution in [3.8, 4) is 0 Å². The van der Waals surface area contributed by atoms with Crippen LogP contribution in [-0.4, -0.2) is 5.78 Å². The average molecular weight is 259 g/mol. The van der Waals surface area contributed by atoms with Gasteiger partial charge in [0, 0.05) is 12.3 Å². The fourth-order valence-corrected chi connectivity index (χ4v) is 2.81. The number of nitrogens with one attached hydrogen (secondary N) is 1. The van der Waals surface area contributed by atoms with Crippen LogP contribution in [0.5, 0.6) is 0 Å². The van der Waals surface area contributed by atoms with Crippen LogP contribution < -0.4 is 5.32 Å². The minimum Gasteiger partial charge on any atom is -0.468 e. The van der Waals surface area contributed by atoms with Gasteiger partial charge in [0.25, 0.3) is 0 Å². The molecular weight excluding hydrogens is 242 g/mol. The molecule has 0 aromatic carbocycles. The van der Waals surface area contributed by atoms with Gasteiger partial charge in [-0.05, 0) is 30.7 Å². The highest BCUT2D eigenvalue weighted by molar-refractivity contribution is 5.83. The number of carbonyl (C=O) groups is 1. The lowest BCUT2D eigenvalue weighted by Gasteiger charge is -2.34. The maximum absolute atomic E-state index is 12.3. The first-order chi connectivity index (χ1) is 9.29. The highest BCUT2D eigenvalue weighted by Gasteiger charge is 2.38. The van der Waals surface area contributed by atoms with Crippen LogP contribution in [0.1, 0.15) is 43.4 Å². The Balaban J connectivity index is 1.89. The molecule has 100 valence electrons. The molecule has 1 aliphatic heterocycles. The van der Waals surface area contributed by atoms with Crippen molar-refractivity contribution in [3.05, 3.63) is 48.3 Å². The van der Waals surface area contributed by atoms with Crippen LogP contribution in [-0.2, 0) is 4.79 Å². The Morgan fingerprint density at radius 3 is 2.47 bits per heavy atom. The van der Waals surface area contributed by atoms with Crippen LogP contribution in [0.15, 0.2) is 45.6 Å².